The largest absolute Gasteiger partial charge is 0.463 e. The molecule has 0 aromatic heterocycles. The van der Waals surface area contributed by atoms with Gasteiger partial charge >= 0.3 is 35.8 Å². The number of carbonyl (C=O) groups is 14. The van der Waals surface area contributed by atoms with E-state index in [9.17, 15) is 67.1 Å². The third kappa shape index (κ3) is 42.1. The Morgan fingerprint density at radius 1 is 0.333 bits per heavy atom. The van der Waals surface area contributed by atoms with Crippen LogP contribution in [0, 0.1) is 17.8 Å². The molecule has 0 spiro atoms. The number of aliphatic hydroxyl groups excluding tert-OH is 1. The van der Waals surface area contributed by atoms with Gasteiger partial charge in [0.15, 0.2) is 18.9 Å². The van der Waals surface area contributed by atoms with E-state index in [4.69, 9.17) is 95.1 Å². The molecule has 0 aliphatic carbocycles. The number of ether oxygens (including phenoxy) is 19. The van der Waals surface area contributed by atoms with Crippen molar-refractivity contribution < 1.29 is 162 Å². The van der Waals surface area contributed by atoms with Gasteiger partial charge in [-0.3, -0.25) is 67.1 Å². The summed E-state index contributed by atoms with van der Waals surface area (Å²) < 4.78 is 107. The van der Waals surface area contributed by atoms with Gasteiger partial charge < -0.3 is 138 Å². The smallest absolute Gasteiger partial charge is 0.303 e. The lowest BCUT2D eigenvalue weighted by Gasteiger charge is -2.44. The Morgan fingerprint density at radius 3 is 0.921 bits per heavy atom. The SMILES string of the molecule is CC(=O)NC1C(OCCOCCNC(=O)CC[C@H](NC(=O)CC[C@H](NC(=O)CCOCCOCCOCCOCCO)C(=O)NCCOCCOC2OC(COC(C)=O)C(OC(C)=O)C(C)C2NC(C)=O)C(=O)NCCOCCOC2OC(COC(C)=O)C(OC(C)=O)C(C)C2NC(C)=O)OC(COC(C)=O)C(OC(C)=O)C1C. The van der Waals surface area contributed by atoms with E-state index in [2.05, 4.69) is 42.5 Å². The minimum Gasteiger partial charge on any atom is -0.463 e. The van der Waals surface area contributed by atoms with E-state index in [1.807, 2.05) is 0 Å². The van der Waals surface area contributed by atoms with Crippen LogP contribution in [-0.2, 0) is 157 Å². The van der Waals surface area contributed by atoms with Crippen LogP contribution in [0.5, 0.6) is 0 Å². The van der Waals surface area contributed by atoms with Gasteiger partial charge in [0.25, 0.3) is 0 Å². The van der Waals surface area contributed by atoms with Crippen molar-refractivity contribution in [3.05, 3.63) is 0 Å². The molecule has 9 N–H and O–H groups in total. The fourth-order valence-corrected chi connectivity index (χ4v) is 11.9. The fraction of sp³-hybridized carbons (Fsp3) is 0.806. The Morgan fingerprint density at radius 2 is 0.614 bits per heavy atom. The molecule has 42 heteroatoms. The zero-order valence-electron chi connectivity index (χ0n) is 67.2. The molecule has 3 saturated heterocycles. The topological polar surface area (TPSA) is 531 Å². The molecular formula is C72H120N8O34. The van der Waals surface area contributed by atoms with Crippen LogP contribution >= 0.6 is 0 Å². The summed E-state index contributed by atoms with van der Waals surface area (Å²) >= 11 is 0. The van der Waals surface area contributed by atoms with Crippen molar-refractivity contribution in [1.29, 1.82) is 0 Å². The quantitative estimate of drug-likeness (QED) is 0.0162. The number of aliphatic hydroxyl groups is 1. The molecule has 17 atom stereocenters. The van der Waals surface area contributed by atoms with Crippen molar-refractivity contribution in [2.24, 2.45) is 17.8 Å². The van der Waals surface area contributed by atoms with Gasteiger partial charge in [-0.05, 0) is 12.8 Å². The Bertz CT molecular complexity index is 2970. The van der Waals surface area contributed by atoms with Gasteiger partial charge in [-0.25, -0.2) is 0 Å². The summed E-state index contributed by atoms with van der Waals surface area (Å²) in [5.41, 5.74) is 0. The molecule has 0 aromatic rings. The van der Waals surface area contributed by atoms with Crippen molar-refractivity contribution in [2.75, 3.05) is 158 Å². The van der Waals surface area contributed by atoms with E-state index in [0.717, 1.165) is 0 Å². The van der Waals surface area contributed by atoms with E-state index >= 15 is 0 Å². The first-order valence-electron chi connectivity index (χ1n) is 37.9. The van der Waals surface area contributed by atoms with E-state index in [0.29, 0.717) is 13.2 Å². The van der Waals surface area contributed by atoms with Crippen molar-refractivity contribution in [3.63, 3.8) is 0 Å². The van der Waals surface area contributed by atoms with Gasteiger partial charge in [-0.2, -0.15) is 0 Å². The van der Waals surface area contributed by atoms with Crippen LogP contribution in [0.15, 0.2) is 0 Å². The normalized spacial score (nSPS) is 23.7. The van der Waals surface area contributed by atoms with Crippen molar-refractivity contribution in [1.82, 2.24) is 42.5 Å². The van der Waals surface area contributed by atoms with Crippen LogP contribution in [0.1, 0.15) is 115 Å². The Hall–Kier alpha value is -7.98. The highest BCUT2D eigenvalue weighted by Crippen LogP contribution is 2.33. The molecule has 3 aliphatic rings. The highest BCUT2D eigenvalue weighted by atomic mass is 16.7. The summed E-state index contributed by atoms with van der Waals surface area (Å²) in [7, 11) is 0. The number of esters is 6. The molecular weight excluding hydrogens is 1520 g/mol. The third-order valence-corrected chi connectivity index (χ3v) is 17.2. The van der Waals surface area contributed by atoms with Crippen molar-refractivity contribution >= 4 is 83.1 Å². The van der Waals surface area contributed by atoms with E-state index < -0.39 is 193 Å². The van der Waals surface area contributed by atoms with Crippen LogP contribution in [-0.4, -0.2) is 332 Å². The lowest BCUT2D eigenvalue weighted by molar-refractivity contribution is -0.264. The molecule has 0 aromatic carbocycles. The second kappa shape index (κ2) is 57.1. The molecule has 0 bridgehead atoms. The predicted octanol–water partition coefficient (Wildman–Crippen LogP) is -3.51. The van der Waals surface area contributed by atoms with Gasteiger partial charge in [0.2, 0.25) is 47.3 Å². The van der Waals surface area contributed by atoms with Gasteiger partial charge in [0.05, 0.1) is 137 Å². The van der Waals surface area contributed by atoms with Crippen molar-refractivity contribution in [3.8, 4) is 0 Å². The first-order chi connectivity index (χ1) is 54.3. The van der Waals surface area contributed by atoms with Gasteiger partial charge in [0, 0.05) is 119 Å². The molecule has 15 unspecified atom stereocenters. The van der Waals surface area contributed by atoms with Gasteiger partial charge in [-0.15, -0.1) is 0 Å². The number of hydrogen-bond donors (Lipinski definition) is 9. The third-order valence-electron chi connectivity index (χ3n) is 17.2. The summed E-state index contributed by atoms with van der Waals surface area (Å²) in [4.78, 5) is 177. The molecule has 652 valence electrons. The lowest BCUT2D eigenvalue weighted by atomic mass is 9.88. The standard InChI is InChI=1S/C72H120N8O34/c1-42-62(76-45(4)82)70(112-56(39-106-48(7)85)65(42)109-51(10)88)103-36-33-97-23-18-73-59(91)15-13-54(68(94)74-19-24-98-34-37-104-71-63(77-46(5)83)43(2)66(110-52(11)89)57(113-71)40-107-49(8)86)79-60(92)16-14-55(80-61(93)17-22-96-27-29-101-31-32-102-30-28-100-26-21-81)69(95)75-20-25-99-35-38-105-72-64(78-47(6)84)44(3)67(111-53(12)90)58(114-72)41-108-50(9)87/h42-44,54-58,62-67,70-72,81H,13-41H2,1-12H3,(H,73,91)(H,74,94)(H,75,95)(H,76,82)(H,77,83)(H,78,84)(H,79,92)(H,80,93)/t42?,43?,44?,54-,55-,56?,57?,58?,62?,63?,64?,65?,66?,67?,70?,71?,72?/m0/s1. The maximum atomic E-state index is 14.0. The second-order valence-corrected chi connectivity index (χ2v) is 26.6. The van der Waals surface area contributed by atoms with Crippen LogP contribution in [0.4, 0.5) is 0 Å². The zero-order chi connectivity index (χ0) is 84.5. The zero-order valence-corrected chi connectivity index (χ0v) is 67.2. The highest BCUT2D eigenvalue weighted by Gasteiger charge is 2.50. The maximum Gasteiger partial charge on any atom is 0.303 e. The van der Waals surface area contributed by atoms with Crippen LogP contribution in [0.2, 0.25) is 0 Å². The lowest BCUT2D eigenvalue weighted by Crippen LogP contribution is -2.62. The van der Waals surface area contributed by atoms with Crippen LogP contribution in [0.25, 0.3) is 0 Å². The minimum atomic E-state index is -1.37. The number of hydrogen-bond acceptors (Lipinski definition) is 34. The monoisotopic (exact) mass is 1640 g/mol. The number of amides is 8. The molecule has 3 rings (SSSR count). The summed E-state index contributed by atoms with van der Waals surface area (Å²) in [5.74, 6) is -10.1. The molecule has 114 heavy (non-hydrogen) atoms. The van der Waals surface area contributed by atoms with E-state index in [1.54, 1.807) is 20.8 Å². The van der Waals surface area contributed by atoms with E-state index in [1.165, 1.54) is 62.3 Å². The Labute approximate surface area is 662 Å². The molecule has 3 fully saturated rings. The van der Waals surface area contributed by atoms with E-state index in [-0.39, 0.29) is 171 Å². The fourth-order valence-electron chi connectivity index (χ4n) is 11.9. The highest BCUT2D eigenvalue weighted by molar-refractivity contribution is 5.90. The molecule has 0 radical (unpaired) electrons. The van der Waals surface area contributed by atoms with Crippen LogP contribution < -0.4 is 42.5 Å². The predicted molar refractivity (Wildman–Crippen MR) is 390 cm³/mol. The Balaban J connectivity index is 1.73. The summed E-state index contributed by atoms with van der Waals surface area (Å²) in [6, 6.07) is -5.16. The number of nitrogens with one attached hydrogen (secondary N) is 8. The molecule has 8 amide bonds. The minimum absolute atomic E-state index is 0.0242. The average molecular weight is 1640 g/mol. The molecule has 3 aliphatic heterocycles. The summed E-state index contributed by atoms with van der Waals surface area (Å²) in [5, 5.41) is 30.4. The van der Waals surface area contributed by atoms with Crippen molar-refractivity contribution in [2.45, 2.75) is 201 Å². The summed E-state index contributed by atoms with van der Waals surface area (Å²) in [6.45, 7) is 15.7. The second-order valence-electron chi connectivity index (χ2n) is 26.6. The summed E-state index contributed by atoms with van der Waals surface area (Å²) in [6.07, 6.45) is -10.5. The number of rotatable bonds is 57. The van der Waals surface area contributed by atoms with Crippen LogP contribution in [0.3, 0.4) is 0 Å². The number of carbonyl (C=O) groups excluding carboxylic acids is 14. The maximum absolute atomic E-state index is 14.0. The van der Waals surface area contributed by atoms with Gasteiger partial charge in [0.1, 0.15) is 68.5 Å². The average Bonchev–Trinajstić information content (AvgIpc) is 0.808. The first-order valence-corrected chi connectivity index (χ1v) is 37.9. The van der Waals surface area contributed by atoms with Gasteiger partial charge in [-0.1, -0.05) is 20.8 Å². The first kappa shape index (κ1) is 100. The molecule has 42 nitrogen and oxygen atoms in total. The molecule has 0 saturated carbocycles. The Kier molecular flexibility index (Phi) is 50.2. The molecule has 3 heterocycles.